The molecule has 0 aliphatic rings. The number of hydrogen-bond donors (Lipinski definition) is 2. The number of methoxy groups -OCH3 is 1. The van der Waals surface area contributed by atoms with E-state index < -0.39 is 5.97 Å². The molecule has 88 valence electrons. The van der Waals surface area contributed by atoms with Crippen molar-refractivity contribution in [1.82, 2.24) is 4.98 Å². The van der Waals surface area contributed by atoms with Crippen molar-refractivity contribution >= 4 is 11.7 Å². The van der Waals surface area contributed by atoms with Crippen LogP contribution in [0.2, 0.25) is 0 Å². The number of nitrogens with two attached hydrogens (primary N) is 1. The molecule has 0 radical (unpaired) electrons. The van der Waals surface area contributed by atoms with Gasteiger partial charge in [-0.2, -0.15) is 0 Å². The van der Waals surface area contributed by atoms with Crippen LogP contribution in [-0.4, -0.2) is 23.2 Å². The lowest BCUT2D eigenvalue weighted by atomic mass is 10.0. The number of carboxylic acids is 1. The summed E-state index contributed by atoms with van der Waals surface area (Å²) in [7, 11) is 1.41. The number of carbonyl (C=O) groups is 1. The number of anilines is 1. The van der Waals surface area contributed by atoms with Gasteiger partial charge < -0.3 is 15.6 Å². The van der Waals surface area contributed by atoms with Gasteiger partial charge in [0.15, 0.2) is 5.69 Å². The molecule has 0 fully saturated rings. The van der Waals surface area contributed by atoms with Gasteiger partial charge >= 0.3 is 5.97 Å². The number of rotatable bonds is 4. The van der Waals surface area contributed by atoms with E-state index in [4.69, 9.17) is 15.6 Å². The fourth-order valence-electron chi connectivity index (χ4n) is 1.50. The molecule has 1 aromatic rings. The third-order valence-electron chi connectivity index (χ3n) is 2.12. The second-order valence-electron chi connectivity index (χ2n) is 4.00. The molecule has 0 aliphatic carbocycles. The van der Waals surface area contributed by atoms with Crippen molar-refractivity contribution < 1.29 is 14.6 Å². The minimum absolute atomic E-state index is 0.0137. The third-order valence-corrected chi connectivity index (χ3v) is 2.12. The molecule has 1 aromatic heterocycles. The van der Waals surface area contributed by atoms with Crippen LogP contribution in [0.15, 0.2) is 6.07 Å². The van der Waals surface area contributed by atoms with Gasteiger partial charge in [-0.05, 0) is 24.0 Å². The first-order valence-corrected chi connectivity index (χ1v) is 5.02. The maximum absolute atomic E-state index is 11.0. The molecule has 0 saturated heterocycles. The standard InChI is InChI=1S/C11H16N2O3/c1-6(2)4-7-5-8(12)10(16-3)13-9(7)11(14)15/h5-6H,4,12H2,1-3H3,(H,14,15). The van der Waals surface area contributed by atoms with Gasteiger partial charge in [-0.15, -0.1) is 0 Å². The van der Waals surface area contributed by atoms with Gasteiger partial charge in [-0.3, -0.25) is 0 Å². The molecule has 0 amide bonds. The maximum Gasteiger partial charge on any atom is 0.354 e. The van der Waals surface area contributed by atoms with E-state index in [-0.39, 0.29) is 11.6 Å². The summed E-state index contributed by atoms with van der Waals surface area (Å²) in [6.45, 7) is 4.01. The second-order valence-corrected chi connectivity index (χ2v) is 4.00. The van der Waals surface area contributed by atoms with Crippen LogP contribution in [0.3, 0.4) is 0 Å². The fourth-order valence-corrected chi connectivity index (χ4v) is 1.50. The van der Waals surface area contributed by atoms with Gasteiger partial charge in [0, 0.05) is 0 Å². The van der Waals surface area contributed by atoms with E-state index in [9.17, 15) is 4.79 Å². The SMILES string of the molecule is COc1nc(C(=O)O)c(CC(C)C)cc1N. The summed E-state index contributed by atoms with van der Waals surface area (Å²) in [6.07, 6.45) is 0.628. The molecule has 1 rings (SSSR count). The number of nitrogen functional groups attached to an aromatic ring is 1. The molecule has 0 unspecified atom stereocenters. The van der Waals surface area contributed by atoms with Gasteiger partial charge in [-0.1, -0.05) is 13.8 Å². The van der Waals surface area contributed by atoms with Crippen molar-refractivity contribution in [3.05, 3.63) is 17.3 Å². The number of hydrogen-bond acceptors (Lipinski definition) is 4. The lowest BCUT2D eigenvalue weighted by Gasteiger charge is -2.11. The van der Waals surface area contributed by atoms with Crippen molar-refractivity contribution in [3.8, 4) is 5.88 Å². The van der Waals surface area contributed by atoms with Gasteiger partial charge in [0.05, 0.1) is 12.8 Å². The van der Waals surface area contributed by atoms with Crippen LogP contribution in [-0.2, 0) is 6.42 Å². The van der Waals surface area contributed by atoms with E-state index in [1.807, 2.05) is 13.8 Å². The highest BCUT2D eigenvalue weighted by molar-refractivity contribution is 5.88. The summed E-state index contributed by atoms with van der Waals surface area (Å²) in [5.74, 6) is -0.563. The topological polar surface area (TPSA) is 85.4 Å². The molecule has 0 spiro atoms. The molecule has 5 heteroatoms. The Balaban J connectivity index is 3.24. The molecule has 3 N–H and O–H groups in total. The first-order valence-electron chi connectivity index (χ1n) is 5.02. The molecule has 0 bridgehead atoms. The van der Waals surface area contributed by atoms with E-state index in [1.54, 1.807) is 6.07 Å². The van der Waals surface area contributed by atoms with Crippen molar-refractivity contribution in [1.29, 1.82) is 0 Å². The van der Waals surface area contributed by atoms with Crippen molar-refractivity contribution in [2.24, 2.45) is 5.92 Å². The molecule has 5 nitrogen and oxygen atoms in total. The van der Waals surface area contributed by atoms with Crippen molar-refractivity contribution in [2.75, 3.05) is 12.8 Å². The molecule has 16 heavy (non-hydrogen) atoms. The molecular formula is C11H16N2O3. The Hall–Kier alpha value is -1.78. The molecule has 0 saturated carbocycles. The van der Waals surface area contributed by atoms with E-state index in [1.165, 1.54) is 7.11 Å². The number of carboxylic acid groups (broad SMARTS) is 1. The minimum Gasteiger partial charge on any atom is -0.480 e. The molecular weight excluding hydrogens is 208 g/mol. The number of pyridine rings is 1. The maximum atomic E-state index is 11.0. The van der Waals surface area contributed by atoms with Crippen LogP contribution in [0.25, 0.3) is 0 Å². The molecule has 0 aliphatic heterocycles. The first kappa shape index (κ1) is 12.3. The number of nitrogens with zero attached hydrogens (tertiary/aromatic N) is 1. The molecule has 1 heterocycles. The first-order chi connectivity index (χ1) is 7.45. The Morgan fingerprint density at radius 2 is 2.25 bits per heavy atom. The summed E-state index contributed by atoms with van der Waals surface area (Å²) in [6, 6.07) is 1.62. The average Bonchev–Trinajstić information content (AvgIpc) is 2.16. The minimum atomic E-state index is -1.06. The zero-order valence-corrected chi connectivity index (χ0v) is 9.65. The van der Waals surface area contributed by atoms with Crippen LogP contribution < -0.4 is 10.5 Å². The van der Waals surface area contributed by atoms with Gasteiger partial charge in [-0.25, -0.2) is 9.78 Å². The predicted molar refractivity (Wildman–Crippen MR) is 60.7 cm³/mol. The van der Waals surface area contributed by atoms with E-state index in [2.05, 4.69) is 4.98 Å². The Kier molecular flexibility index (Phi) is 3.71. The van der Waals surface area contributed by atoms with Crippen molar-refractivity contribution in [2.45, 2.75) is 20.3 Å². The summed E-state index contributed by atoms with van der Waals surface area (Å²) in [4.78, 5) is 14.9. The molecule has 0 aromatic carbocycles. The predicted octanol–water partition coefficient (Wildman–Crippen LogP) is 1.57. The largest absolute Gasteiger partial charge is 0.480 e. The number of aromatic carboxylic acids is 1. The normalized spacial score (nSPS) is 10.5. The summed E-state index contributed by atoms with van der Waals surface area (Å²) < 4.78 is 4.90. The highest BCUT2D eigenvalue weighted by Gasteiger charge is 2.16. The summed E-state index contributed by atoms with van der Waals surface area (Å²) >= 11 is 0. The lowest BCUT2D eigenvalue weighted by molar-refractivity contribution is 0.0688. The van der Waals surface area contributed by atoms with E-state index in [0.29, 0.717) is 23.6 Å². The highest BCUT2D eigenvalue weighted by Crippen LogP contribution is 2.23. The Morgan fingerprint density at radius 3 is 2.69 bits per heavy atom. The van der Waals surface area contributed by atoms with Gasteiger partial charge in [0.1, 0.15) is 0 Å². The average molecular weight is 224 g/mol. The van der Waals surface area contributed by atoms with E-state index >= 15 is 0 Å². The van der Waals surface area contributed by atoms with Crippen LogP contribution in [0.4, 0.5) is 5.69 Å². The lowest BCUT2D eigenvalue weighted by Crippen LogP contribution is -2.10. The Morgan fingerprint density at radius 1 is 1.62 bits per heavy atom. The number of aromatic nitrogens is 1. The van der Waals surface area contributed by atoms with Gasteiger partial charge in [0.25, 0.3) is 0 Å². The monoisotopic (exact) mass is 224 g/mol. The fraction of sp³-hybridized carbons (Fsp3) is 0.455. The third kappa shape index (κ3) is 2.62. The quantitative estimate of drug-likeness (QED) is 0.810. The van der Waals surface area contributed by atoms with Crippen LogP contribution in [0.5, 0.6) is 5.88 Å². The number of ether oxygens (including phenoxy) is 1. The summed E-state index contributed by atoms with van der Waals surface area (Å²) in [5.41, 5.74) is 6.71. The van der Waals surface area contributed by atoms with Crippen LogP contribution >= 0.6 is 0 Å². The van der Waals surface area contributed by atoms with Crippen LogP contribution in [0.1, 0.15) is 29.9 Å². The smallest absolute Gasteiger partial charge is 0.354 e. The Labute approximate surface area is 94.2 Å². The Bertz CT molecular complexity index is 402. The van der Waals surface area contributed by atoms with Crippen LogP contribution in [0, 0.1) is 5.92 Å². The zero-order valence-electron chi connectivity index (χ0n) is 9.65. The summed E-state index contributed by atoms with van der Waals surface area (Å²) in [5, 5.41) is 9.03. The molecule has 0 atom stereocenters. The van der Waals surface area contributed by atoms with Crippen molar-refractivity contribution in [3.63, 3.8) is 0 Å². The second kappa shape index (κ2) is 4.83. The van der Waals surface area contributed by atoms with Gasteiger partial charge in [0.2, 0.25) is 5.88 Å². The van der Waals surface area contributed by atoms with E-state index in [0.717, 1.165) is 0 Å². The zero-order chi connectivity index (χ0) is 12.3. The highest BCUT2D eigenvalue weighted by atomic mass is 16.5.